The van der Waals surface area contributed by atoms with Crippen molar-refractivity contribution in [1.82, 2.24) is 5.32 Å². The number of carbonyl (C=O) groups excluding carboxylic acids is 2. The number of rotatable bonds is 3. The van der Waals surface area contributed by atoms with Crippen molar-refractivity contribution in [2.45, 2.75) is 6.92 Å². The third-order valence-corrected chi connectivity index (χ3v) is 2.40. The van der Waals surface area contributed by atoms with Gasteiger partial charge in [-0.2, -0.15) is 0 Å². The quantitative estimate of drug-likeness (QED) is 0.791. The first kappa shape index (κ1) is 11.2. The number of fused-ring (bicyclic) bond motifs is 1. The first-order valence-electron chi connectivity index (χ1n) is 5.16. The van der Waals surface area contributed by atoms with Crippen LogP contribution in [-0.4, -0.2) is 23.8 Å². The molecular weight excluding hydrogens is 222 g/mol. The molecule has 0 saturated heterocycles. The van der Waals surface area contributed by atoms with Gasteiger partial charge in [0.15, 0.2) is 12.0 Å². The van der Waals surface area contributed by atoms with E-state index in [-0.39, 0.29) is 23.0 Å². The predicted molar refractivity (Wildman–Crippen MR) is 61.3 cm³/mol. The second kappa shape index (κ2) is 4.29. The largest absolute Gasteiger partial charge is 0.507 e. The van der Waals surface area contributed by atoms with Gasteiger partial charge in [-0.3, -0.25) is 9.59 Å². The molecule has 0 atom stereocenters. The van der Waals surface area contributed by atoms with E-state index in [9.17, 15) is 14.7 Å². The van der Waals surface area contributed by atoms with Gasteiger partial charge in [0.1, 0.15) is 11.3 Å². The Kier molecular flexibility index (Phi) is 2.82. The van der Waals surface area contributed by atoms with E-state index in [1.165, 1.54) is 18.2 Å². The van der Waals surface area contributed by atoms with Gasteiger partial charge in [0.2, 0.25) is 0 Å². The van der Waals surface area contributed by atoms with Crippen molar-refractivity contribution in [3.63, 3.8) is 0 Å². The summed E-state index contributed by atoms with van der Waals surface area (Å²) in [4.78, 5) is 22.4. The number of carbonyl (C=O) groups is 2. The van der Waals surface area contributed by atoms with Crippen LogP contribution in [0, 0.1) is 0 Å². The summed E-state index contributed by atoms with van der Waals surface area (Å²) in [5.74, 6) is -0.355. The number of nitrogens with one attached hydrogen (secondary N) is 1. The summed E-state index contributed by atoms with van der Waals surface area (Å²) in [6.07, 6.45) is 0.536. The highest BCUT2D eigenvalue weighted by Gasteiger charge is 2.15. The van der Waals surface area contributed by atoms with Crippen LogP contribution in [0.2, 0.25) is 0 Å². The third kappa shape index (κ3) is 1.87. The number of phenols is 1. The van der Waals surface area contributed by atoms with Crippen molar-refractivity contribution in [1.29, 1.82) is 0 Å². The zero-order valence-corrected chi connectivity index (χ0v) is 9.19. The first-order chi connectivity index (χ1) is 8.17. The molecule has 0 spiro atoms. The van der Waals surface area contributed by atoms with E-state index in [2.05, 4.69) is 5.32 Å². The molecule has 0 saturated carbocycles. The maximum atomic E-state index is 11.5. The van der Waals surface area contributed by atoms with Gasteiger partial charge in [-0.1, -0.05) is 0 Å². The zero-order chi connectivity index (χ0) is 12.4. The molecule has 2 rings (SSSR count). The lowest BCUT2D eigenvalue weighted by Gasteiger charge is -1.96. The molecule has 2 N–H and O–H groups in total. The smallest absolute Gasteiger partial charge is 0.287 e. The van der Waals surface area contributed by atoms with Crippen LogP contribution >= 0.6 is 0 Å². The maximum Gasteiger partial charge on any atom is 0.287 e. The van der Waals surface area contributed by atoms with Gasteiger partial charge in [-0.25, -0.2) is 0 Å². The molecule has 1 heterocycles. The summed E-state index contributed by atoms with van der Waals surface area (Å²) in [7, 11) is 0. The highest BCUT2D eigenvalue weighted by Crippen LogP contribution is 2.28. The van der Waals surface area contributed by atoms with Gasteiger partial charge in [-0.15, -0.1) is 0 Å². The highest BCUT2D eigenvalue weighted by molar-refractivity contribution is 6.03. The molecular formula is C12H11NO4. The number of hydrogen-bond acceptors (Lipinski definition) is 4. The van der Waals surface area contributed by atoms with Crippen LogP contribution in [0.4, 0.5) is 0 Å². The summed E-state index contributed by atoms with van der Waals surface area (Å²) >= 11 is 0. The molecule has 88 valence electrons. The number of phenolic OH excluding ortho intramolecular Hbond substituents is 1. The minimum absolute atomic E-state index is 0.121. The van der Waals surface area contributed by atoms with Crippen LogP contribution in [-0.2, 0) is 0 Å². The summed E-state index contributed by atoms with van der Waals surface area (Å²) in [5, 5.41) is 12.5. The molecule has 1 amide bonds. The molecule has 0 bridgehead atoms. The molecule has 0 radical (unpaired) electrons. The molecule has 0 unspecified atom stereocenters. The molecule has 0 aliphatic heterocycles. The van der Waals surface area contributed by atoms with Crippen LogP contribution in [0.1, 0.15) is 27.8 Å². The van der Waals surface area contributed by atoms with Crippen LogP contribution < -0.4 is 5.32 Å². The molecule has 1 aromatic heterocycles. The van der Waals surface area contributed by atoms with Gasteiger partial charge in [-0.05, 0) is 25.1 Å². The average molecular weight is 233 g/mol. The van der Waals surface area contributed by atoms with Crippen molar-refractivity contribution in [2.24, 2.45) is 0 Å². The number of furan rings is 1. The Bertz CT molecular complexity index is 585. The molecule has 5 heteroatoms. The van der Waals surface area contributed by atoms with E-state index in [1.807, 2.05) is 0 Å². The zero-order valence-electron chi connectivity index (χ0n) is 9.19. The van der Waals surface area contributed by atoms with E-state index in [1.54, 1.807) is 6.92 Å². The standard InChI is InChI=1S/C12H11NO4/c1-2-13-12(16)11-5-7-8(6-14)9(15)3-4-10(7)17-11/h3-6,15H,2H2,1H3,(H,13,16). The fourth-order valence-corrected chi connectivity index (χ4v) is 1.61. The van der Waals surface area contributed by atoms with E-state index < -0.39 is 0 Å². The SMILES string of the molecule is CCNC(=O)c1cc2c(C=O)c(O)ccc2o1. The van der Waals surface area contributed by atoms with Crippen LogP contribution in [0.3, 0.4) is 0 Å². The second-order valence-corrected chi connectivity index (χ2v) is 3.50. The van der Waals surface area contributed by atoms with Gasteiger partial charge in [0.05, 0.1) is 5.56 Å². The monoisotopic (exact) mass is 233 g/mol. The van der Waals surface area contributed by atoms with Crippen LogP contribution in [0.25, 0.3) is 11.0 Å². The number of benzene rings is 1. The highest BCUT2D eigenvalue weighted by atomic mass is 16.3. The Balaban J connectivity index is 2.57. The summed E-state index contributed by atoms with van der Waals surface area (Å²) in [6.45, 7) is 2.28. The number of aldehydes is 1. The Morgan fingerprint density at radius 3 is 2.94 bits per heavy atom. The second-order valence-electron chi connectivity index (χ2n) is 3.50. The van der Waals surface area contributed by atoms with E-state index in [0.29, 0.717) is 23.8 Å². The third-order valence-electron chi connectivity index (χ3n) is 2.40. The van der Waals surface area contributed by atoms with E-state index in [0.717, 1.165) is 0 Å². The molecule has 5 nitrogen and oxygen atoms in total. The van der Waals surface area contributed by atoms with Crippen molar-refractivity contribution in [3.8, 4) is 5.75 Å². The lowest BCUT2D eigenvalue weighted by molar-refractivity contribution is 0.0930. The first-order valence-corrected chi connectivity index (χ1v) is 5.16. The average Bonchev–Trinajstić information content (AvgIpc) is 2.73. The summed E-state index contributed by atoms with van der Waals surface area (Å²) in [6, 6.07) is 4.32. The van der Waals surface area contributed by atoms with Gasteiger partial charge < -0.3 is 14.8 Å². The number of amides is 1. The molecule has 0 fully saturated rings. The number of hydrogen-bond donors (Lipinski definition) is 2. The molecule has 0 aliphatic rings. The van der Waals surface area contributed by atoms with Crippen molar-refractivity contribution < 1.29 is 19.1 Å². The Morgan fingerprint density at radius 1 is 1.53 bits per heavy atom. The Hall–Kier alpha value is -2.30. The minimum atomic E-state index is -0.347. The summed E-state index contributed by atoms with van der Waals surface area (Å²) in [5.41, 5.74) is 0.521. The maximum absolute atomic E-state index is 11.5. The normalized spacial score (nSPS) is 10.4. The van der Waals surface area contributed by atoms with E-state index >= 15 is 0 Å². The van der Waals surface area contributed by atoms with Crippen molar-refractivity contribution >= 4 is 23.2 Å². The summed E-state index contributed by atoms with van der Waals surface area (Å²) < 4.78 is 5.30. The predicted octanol–water partition coefficient (Wildman–Crippen LogP) is 1.70. The van der Waals surface area contributed by atoms with E-state index in [4.69, 9.17) is 4.42 Å². The van der Waals surface area contributed by atoms with Gasteiger partial charge in [0, 0.05) is 11.9 Å². The molecule has 1 aromatic carbocycles. The molecule has 17 heavy (non-hydrogen) atoms. The molecule has 0 aliphatic carbocycles. The van der Waals surface area contributed by atoms with Crippen LogP contribution in [0.5, 0.6) is 5.75 Å². The number of aromatic hydroxyl groups is 1. The van der Waals surface area contributed by atoms with Crippen molar-refractivity contribution in [2.75, 3.05) is 6.54 Å². The van der Waals surface area contributed by atoms with Crippen molar-refractivity contribution in [3.05, 3.63) is 29.5 Å². The lowest BCUT2D eigenvalue weighted by Crippen LogP contribution is -2.21. The topological polar surface area (TPSA) is 79.5 Å². The van der Waals surface area contributed by atoms with Gasteiger partial charge in [0.25, 0.3) is 5.91 Å². The van der Waals surface area contributed by atoms with Gasteiger partial charge >= 0.3 is 0 Å². The fourth-order valence-electron chi connectivity index (χ4n) is 1.61. The van der Waals surface area contributed by atoms with Crippen LogP contribution in [0.15, 0.2) is 22.6 Å². The minimum Gasteiger partial charge on any atom is -0.507 e. The Morgan fingerprint density at radius 2 is 2.29 bits per heavy atom. The lowest BCUT2D eigenvalue weighted by atomic mass is 10.1. The Labute approximate surface area is 97.0 Å². The molecule has 2 aromatic rings. The fraction of sp³-hybridized carbons (Fsp3) is 0.167.